The highest BCUT2D eigenvalue weighted by molar-refractivity contribution is 5.92. The Balaban J connectivity index is 0.00000243. The molecular weight excluding hydrogens is 354 g/mol. The van der Waals surface area contributed by atoms with E-state index in [1.165, 1.54) is 0 Å². The van der Waals surface area contributed by atoms with Gasteiger partial charge >= 0.3 is 0 Å². The van der Waals surface area contributed by atoms with Crippen molar-refractivity contribution < 1.29 is 14.3 Å². The predicted octanol–water partition coefficient (Wildman–Crippen LogP) is 2.65. The van der Waals surface area contributed by atoms with Crippen LogP contribution in [0, 0.1) is 0 Å². The molecule has 0 radical (unpaired) electrons. The Morgan fingerprint density at radius 1 is 1.23 bits per heavy atom. The molecule has 1 aliphatic heterocycles. The number of hydrogen-bond donors (Lipinski definition) is 2. The predicted molar refractivity (Wildman–Crippen MR) is 104 cm³/mol. The number of amides is 1. The maximum absolute atomic E-state index is 12.5. The van der Waals surface area contributed by atoms with Crippen LogP contribution in [0.15, 0.2) is 42.6 Å². The molecule has 1 amide bonds. The molecule has 26 heavy (non-hydrogen) atoms. The second-order valence-electron chi connectivity index (χ2n) is 6.07. The quantitative estimate of drug-likeness (QED) is 0.726. The number of benzene rings is 1. The van der Waals surface area contributed by atoms with Gasteiger partial charge in [-0.25, -0.2) is 0 Å². The number of hydrogen-bond acceptors (Lipinski definition) is 4. The summed E-state index contributed by atoms with van der Waals surface area (Å²) >= 11 is 0. The number of piperidine rings is 1. The number of carbonyl (C=O) groups is 1. The molecule has 0 aliphatic carbocycles. The summed E-state index contributed by atoms with van der Waals surface area (Å²) in [5, 5.41) is 6.28. The molecule has 0 spiro atoms. The Hall–Kier alpha value is -2.18. The molecule has 0 atom stereocenters. The number of rotatable bonds is 7. The van der Waals surface area contributed by atoms with Crippen LogP contribution in [0.1, 0.15) is 29.4 Å². The summed E-state index contributed by atoms with van der Waals surface area (Å²) < 4.78 is 12.9. The van der Waals surface area contributed by atoms with Crippen LogP contribution in [-0.2, 0) is 0 Å². The number of carbonyl (C=O) groups excluding carboxylic acids is 1. The Morgan fingerprint density at radius 3 is 2.77 bits per heavy atom. The van der Waals surface area contributed by atoms with Crippen molar-refractivity contribution in [1.29, 1.82) is 0 Å². The van der Waals surface area contributed by atoms with E-state index >= 15 is 0 Å². The van der Waals surface area contributed by atoms with Gasteiger partial charge in [-0.3, -0.25) is 4.79 Å². The third-order valence-corrected chi connectivity index (χ3v) is 4.41. The number of methoxy groups -OCH3 is 1. The normalized spacial score (nSPS) is 14.3. The van der Waals surface area contributed by atoms with Gasteiger partial charge in [-0.15, -0.1) is 12.4 Å². The van der Waals surface area contributed by atoms with Gasteiger partial charge in [0, 0.05) is 18.3 Å². The van der Waals surface area contributed by atoms with Gasteiger partial charge in [0.2, 0.25) is 0 Å². The Morgan fingerprint density at radius 2 is 2.00 bits per heavy atom. The minimum Gasteiger partial charge on any atom is -0.497 e. The summed E-state index contributed by atoms with van der Waals surface area (Å²) in [4.78, 5) is 12.5. The van der Waals surface area contributed by atoms with E-state index < -0.39 is 0 Å². The topological polar surface area (TPSA) is 64.5 Å². The molecule has 6 nitrogen and oxygen atoms in total. The molecule has 3 rings (SSSR count). The molecule has 1 aromatic carbocycles. The monoisotopic (exact) mass is 379 g/mol. The lowest BCUT2D eigenvalue weighted by Gasteiger charge is -2.25. The van der Waals surface area contributed by atoms with E-state index in [0.29, 0.717) is 24.9 Å². The first-order valence-corrected chi connectivity index (χ1v) is 8.70. The van der Waals surface area contributed by atoms with Gasteiger partial charge in [-0.1, -0.05) is 6.07 Å². The molecule has 0 saturated carbocycles. The highest BCUT2D eigenvalue weighted by atomic mass is 35.5. The smallest absolute Gasteiger partial charge is 0.268 e. The van der Waals surface area contributed by atoms with Crippen LogP contribution in [0.25, 0.3) is 0 Å². The van der Waals surface area contributed by atoms with Crippen LogP contribution >= 0.6 is 12.4 Å². The van der Waals surface area contributed by atoms with E-state index in [-0.39, 0.29) is 18.3 Å². The molecule has 1 aromatic heterocycles. The molecule has 0 unspecified atom stereocenters. The van der Waals surface area contributed by atoms with Crippen molar-refractivity contribution in [2.45, 2.75) is 18.9 Å². The van der Waals surface area contributed by atoms with Gasteiger partial charge in [0.1, 0.15) is 23.8 Å². The van der Waals surface area contributed by atoms with Crippen molar-refractivity contribution in [3.05, 3.63) is 48.3 Å². The fourth-order valence-electron chi connectivity index (χ4n) is 3.10. The van der Waals surface area contributed by atoms with Crippen molar-refractivity contribution in [2.75, 3.05) is 33.4 Å². The molecule has 142 valence electrons. The van der Waals surface area contributed by atoms with Gasteiger partial charge in [0.05, 0.1) is 13.7 Å². The number of halogens is 1. The van der Waals surface area contributed by atoms with Crippen LogP contribution in [-0.4, -0.2) is 43.8 Å². The summed E-state index contributed by atoms with van der Waals surface area (Å²) in [5.74, 6) is 1.42. The lowest BCUT2D eigenvalue weighted by atomic mass is 10.1. The average molecular weight is 380 g/mol. The van der Waals surface area contributed by atoms with Gasteiger partial charge < -0.3 is 24.7 Å². The first-order chi connectivity index (χ1) is 12.3. The number of aromatic nitrogens is 1. The maximum Gasteiger partial charge on any atom is 0.268 e. The van der Waals surface area contributed by atoms with Crippen molar-refractivity contribution in [2.24, 2.45) is 0 Å². The second kappa shape index (κ2) is 10.1. The molecule has 2 N–H and O–H groups in total. The van der Waals surface area contributed by atoms with Crippen LogP contribution in [0.4, 0.5) is 0 Å². The van der Waals surface area contributed by atoms with Gasteiger partial charge in [0.25, 0.3) is 5.91 Å². The molecule has 7 heteroatoms. The first-order valence-electron chi connectivity index (χ1n) is 8.70. The van der Waals surface area contributed by atoms with Gasteiger partial charge in [0.15, 0.2) is 0 Å². The van der Waals surface area contributed by atoms with E-state index in [2.05, 4.69) is 15.2 Å². The second-order valence-corrected chi connectivity index (χ2v) is 6.07. The summed E-state index contributed by atoms with van der Waals surface area (Å²) in [6, 6.07) is 11.6. The van der Waals surface area contributed by atoms with E-state index in [1.54, 1.807) is 7.11 Å². The summed E-state index contributed by atoms with van der Waals surface area (Å²) in [5.41, 5.74) is 0.716. The maximum atomic E-state index is 12.5. The van der Waals surface area contributed by atoms with Crippen LogP contribution in [0.5, 0.6) is 11.5 Å². The number of nitrogens with zero attached hydrogens (tertiary/aromatic N) is 1. The molecule has 1 aliphatic rings. The Bertz CT molecular complexity index is 699. The molecule has 2 heterocycles. The van der Waals surface area contributed by atoms with Crippen LogP contribution in [0.3, 0.4) is 0 Å². The molecule has 2 aromatic rings. The van der Waals surface area contributed by atoms with E-state index in [9.17, 15) is 4.79 Å². The standard InChI is InChI=1S/C19H25N3O3.ClH/c1-24-16-4-2-5-17(14-16)25-13-11-21-19(23)18-6-3-12-22(18)15-7-9-20-10-8-15;/h2-6,12,14-15,20H,7-11,13H2,1H3,(H,21,23);1H. The van der Waals surface area contributed by atoms with Crippen LogP contribution < -0.4 is 20.1 Å². The van der Waals surface area contributed by atoms with Crippen molar-refractivity contribution >= 4 is 18.3 Å². The SMILES string of the molecule is COc1cccc(OCCNC(=O)c2cccn2C2CCNCC2)c1.Cl. The average Bonchev–Trinajstić information content (AvgIpc) is 3.16. The number of ether oxygens (including phenoxy) is 2. The lowest BCUT2D eigenvalue weighted by Crippen LogP contribution is -2.33. The van der Waals surface area contributed by atoms with E-state index in [4.69, 9.17) is 9.47 Å². The van der Waals surface area contributed by atoms with Crippen molar-refractivity contribution in [3.63, 3.8) is 0 Å². The molecule has 1 saturated heterocycles. The van der Waals surface area contributed by atoms with E-state index in [1.807, 2.05) is 42.6 Å². The highest BCUT2D eigenvalue weighted by Gasteiger charge is 2.19. The van der Waals surface area contributed by atoms with E-state index in [0.717, 1.165) is 37.4 Å². The summed E-state index contributed by atoms with van der Waals surface area (Å²) in [6.45, 7) is 2.86. The zero-order valence-corrected chi connectivity index (χ0v) is 15.8. The van der Waals surface area contributed by atoms with Gasteiger partial charge in [-0.2, -0.15) is 0 Å². The molecule has 0 bridgehead atoms. The zero-order valence-electron chi connectivity index (χ0n) is 14.9. The Labute approximate surface area is 160 Å². The van der Waals surface area contributed by atoms with Crippen molar-refractivity contribution in [3.8, 4) is 11.5 Å². The van der Waals surface area contributed by atoms with Crippen molar-refractivity contribution in [1.82, 2.24) is 15.2 Å². The largest absolute Gasteiger partial charge is 0.497 e. The lowest BCUT2D eigenvalue weighted by molar-refractivity contribution is 0.0934. The highest BCUT2D eigenvalue weighted by Crippen LogP contribution is 2.21. The minimum atomic E-state index is -0.0576. The Kier molecular flexibility index (Phi) is 7.81. The third kappa shape index (κ3) is 5.16. The summed E-state index contributed by atoms with van der Waals surface area (Å²) in [7, 11) is 1.62. The van der Waals surface area contributed by atoms with Gasteiger partial charge in [-0.05, 0) is 50.2 Å². The number of nitrogens with one attached hydrogen (secondary N) is 2. The fourth-order valence-corrected chi connectivity index (χ4v) is 3.10. The fraction of sp³-hybridized carbons (Fsp3) is 0.421. The minimum absolute atomic E-state index is 0. The first kappa shape index (κ1) is 20.1. The zero-order chi connectivity index (χ0) is 17.5. The third-order valence-electron chi connectivity index (χ3n) is 4.41. The molecule has 1 fully saturated rings. The molecular formula is C19H26ClN3O3. The van der Waals surface area contributed by atoms with Crippen LogP contribution in [0.2, 0.25) is 0 Å². The summed E-state index contributed by atoms with van der Waals surface area (Å²) in [6.07, 6.45) is 4.10.